The number of ether oxygens (including phenoxy) is 1. The molecule has 40 heavy (non-hydrogen) atoms. The van der Waals surface area contributed by atoms with Crippen molar-refractivity contribution in [1.29, 1.82) is 0 Å². The van der Waals surface area contributed by atoms with E-state index in [0.29, 0.717) is 23.5 Å². The number of fused-ring (bicyclic) bond motifs is 4. The summed E-state index contributed by atoms with van der Waals surface area (Å²) in [5.74, 6) is -0.966. The number of rotatable bonds is 6. The van der Waals surface area contributed by atoms with E-state index in [4.69, 9.17) is 4.74 Å². The predicted molar refractivity (Wildman–Crippen MR) is 155 cm³/mol. The molecule has 0 atom stereocenters. The van der Waals surface area contributed by atoms with Gasteiger partial charge in [-0.1, -0.05) is 59.9 Å². The highest BCUT2D eigenvalue weighted by Gasteiger charge is 2.30. The summed E-state index contributed by atoms with van der Waals surface area (Å²) in [5.41, 5.74) is 2.69. The molecule has 0 unspecified atom stereocenters. The molecule has 0 saturated carbocycles. The highest BCUT2D eigenvalue weighted by Crippen LogP contribution is 2.33. The number of esters is 1. The van der Waals surface area contributed by atoms with E-state index in [-0.39, 0.29) is 23.6 Å². The number of amides is 1. The van der Waals surface area contributed by atoms with Crippen LogP contribution < -0.4 is 9.11 Å². The monoisotopic (exact) mass is 571 g/mol. The largest absolute Gasteiger partial charge is 0.465 e. The summed E-state index contributed by atoms with van der Waals surface area (Å²) in [6.07, 6.45) is 0.654. The van der Waals surface area contributed by atoms with Gasteiger partial charge >= 0.3 is 5.97 Å². The van der Waals surface area contributed by atoms with Crippen molar-refractivity contribution < 1.29 is 22.7 Å². The van der Waals surface area contributed by atoms with Gasteiger partial charge in [0.05, 0.1) is 27.4 Å². The molecular formula is C30H25N3O5S2. The molecule has 5 aromatic rings. The fraction of sp³-hybridized carbons (Fsp3) is 0.167. The third kappa shape index (κ3) is 4.59. The van der Waals surface area contributed by atoms with Gasteiger partial charge in [0.15, 0.2) is 4.80 Å². The summed E-state index contributed by atoms with van der Waals surface area (Å²) >= 11 is 1.32. The molecule has 4 aromatic carbocycles. The Morgan fingerprint density at radius 2 is 1.70 bits per heavy atom. The van der Waals surface area contributed by atoms with Crippen molar-refractivity contribution in [1.82, 2.24) is 4.57 Å². The van der Waals surface area contributed by atoms with E-state index >= 15 is 0 Å². The molecule has 202 valence electrons. The molecule has 0 bridgehead atoms. The van der Waals surface area contributed by atoms with Crippen LogP contribution in [0.15, 0.2) is 94.8 Å². The lowest BCUT2D eigenvalue weighted by molar-refractivity contribution is -0.143. The van der Waals surface area contributed by atoms with Crippen molar-refractivity contribution in [2.24, 2.45) is 4.99 Å². The van der Waals surface area contributed by atoms with Crippen LogP contribution in [0.4, 0.5) is 5.69 Å². The summed E-state index contributed by atoms with van der Waals surface area (Å²) < 4.78 is 35.9. The number of carbonyl (C=O) groups is 2. The van der Waals surface area contributed by atoms with Gasteiger partial charge in [-0.3, -0.25) is 13.9 Å². The third-order valence-electron chi connectivity index (χ3n) is 6.90. The molecule has 6 rings (SSSR count). The molecule has 0 radical (unpaired) electrons. The van der Waals surface area contributed by atoms with Gasteiger partial charge in [-0.2, -0.15) is 4.99 Å². The van der Waals surface area contributed by atoms with Crippen LogP contribution in [0.5, 0.6) is 0 Å². The van der Waals surface area contributed by atoms with Crippen LogP contribution >= 0.6 is 11.3 Å². The Morgan fingerprint density at radius 1 is 0.950 bits per heavy atom. The second-order valence-corrected chi connectivity index (χ2v) is 12.1. The Bertz CT molecular complexity index is 1960. The molecule has 1 amide bonds. The molecule has 0 N–H and O–H groups in total. The van der Waals surface area contributed by atoms with E-state index in [1.807, 2.05) is 54.6 Å². The van der Waals surface area contributed by atoms with Crippen molar-refractivity contribution in [3.05, 3.63) is 101 Å². The predicted octanol–water partition coefficient (Wildman–Crippen LogP) is 4.91. The van der Waals surface area contributed by atoms with Gasteiger partial charge in [-0.15, -0.1) is 0 Å². The number of nitrogens with zero attached hydrogens (tertiary/aromatic N) is 3. The fourth-order valence-electron chi connectivity index (χ4n) is 4.98. The van der Waals surface area contributed by atoms with Crippen LogP contribution in [0.3, 0.4) is 0 Å². The molecule has 1 aromatic heterocycles. The lowest BCUT2D eigenvalue weighted by Gasteiger charge is -2.19. The molecular weight excluding hydrogens is 546 g/mol. The quantitative estimate of drug-likeness (QED) is 0.270. The van der Waals surface area contributed by atoms with Gasteiger partial charge in [-0.05, 0) is 60.7 Å². The molecule has 8 nitrogen and oxygen atoms in total. The number of sulfonamides is 1. The Kier molecular flexibility index (Phi) is 6.73. The number of hydrogen-bond acceptors (Lipinski definition) is 6. The Balaban J connectivity index is 1.36. The van der Waals surface area contributed by atoms with Crippen LogP contribution in [0, 0.1) is 0 Å². The van der Waals surface area contributed by atoms with Crippen LogP contribution in [-0.2, 0) is 32.5 Å². The van der Waals surface area contributed by atoms with Gasteiger partial charge in [-0.25, -0.2) is 8.42 Å². The summed E-state index contributed by atoms with van der Waals surface area (Å²) in [4.78, 5) is 30.5. The van der Waals surface area contributed by atoms with E-state index in [1.165, 1.54) is 39.9 Å². The highest BCUT2D eigenvalue weighted by molar-refractivity contribution is 7.92. The lowest BCUT2D eigenvalue weighted by atomic mass is 10.1. The first-order chi connectivity index (χ1) is 19.4. The van der Waals surface area contributed by atoms with E-state index in [0.717, 1.165) is 26.6 Å². The smallest absolute Gasteiger partial charge is 0.326 e. The zero-order valence-corrected chi connectivity index (χ0v) is 23.2. The molecule has 0 spiro atoms. The van der Waals surface area contributed by atoms with Crippen molar-refractivity contribution in [2.45, 2.75) is 24.8 Å². The molecule has 1 aliphatic rings. The van der Waals surface area contributed by atoms with Crippen molar-refractivity contribution >= 4 is 59.9 Å². The van der Waals surface area contributed by atoms with Crippen molar-refractivity contribution in [2.75, 3.05) is 17.5 Å². The average molecular weight is 572 g/mol. The topological polar surface area (TPSA) is 98.0 Å². The Hall–Kier alpha value is -4.28. The van der Waals surface area contributed by atoms with E-state index in [9.17, 15) is 18.0 Å². The second kappa shape index (κ2) is 10.4. The maximum atomic E-state index is 13.3. The lowest BCUT2D eigenvalue weighted by Crippen LogP contribution is -2.29. The van der Waals surface area contributed by atoms with Gasteiger partial charge in [0.1, 0.15) is 6.54 Å². The minimum absolute atomic E-state index is 0.0905. The molecule has 0 saturated heterocycles. The Labute approximate surface area is 234 Å². The fourth-order valence-corrected chi connectivity index (χ4v) is 7.64. The van der Waals surface area contributed by atoms with Crippen LogP contribution in [0.25, 0.3) is 21.0 Å². The number of thiazole rings is 1. The maximum Gasteiger partial charge on any atom is 0.326 e. The zero-order valence-electron chi connectivity index (χ0n) is 21.6. The first kappa shape index (κ1) is 26.0. The van der Waals surface area contributed by atoms with E-state index < -0.39 is 21.9 Å². The molecule has 0 fully saturated rings. The molecule has 10 heteroatoms. The molecule has 2 heterocycles. The second-order valence-electron chi connectivity index (χ2n) is 9.31. The SMILES string of the molecule is CCOC(=O)Cn1c(=NC(=O)c2ccc(S(=O)(=O)N3CCc4ccccc43)cc2)sc2c3ccccc3ccc21. The van der Waals surface area contributed by atoms with Gasteiger partial charge < -0.3 is 9.30 Å². The number of anilines is 1. The van der Waals surface area contributed by atoms with E-state index in [1.54, 1.807) is 17.6 Å². The first-order valence-corrected chi connectivity index (χ1v) is 15.1. The number of carbonyl (C=O) groups excluding carboxylic acids is 2. The van der Waals surface area contributed by atoms with Crippen LogP contribution in [0.2, 0.25) is 0 Å². The normalized spacial score (nSPS) is 13.6. The average Bonchev–Trinajstić information content (AvgIpc) is 3.55. The van der Waals surface area contributed by atoms with Crippen LogP contribution in [0.1, 0.15) is 22.8 Å². The minimum atomic E-state index is -3.78. The standard InChI is InChI=1S/C30H25N3O5S2/c1-2-38-27(34)19-32-26-16-13-20-7-3-5-9-24(20)28(26)39-30(32)31-29(35)22-11-14-23(15-12-22)40(36,37)33-18-17-21-8-4-6-10-25(21)33/h3-16H,2,17-19H2,1H3. The van der Waals surface area contributed by atoms with Gasteiger partial charge in [0.2, 0.25) is 0 Å². The highest BCUT2D eigenvalue weighted by atomic mass is 32.2. The molecule has 0 aliphatic carbocycles. The minimum Gasteiger partial charge on any atom is -0.465 e. The number of aromatic nitrogens is 1. The third-order valence-corrected chi connectivity index (χ3v) is 9.85. The van der Waals surface area contributed by atoms with E-state index in [2.05, 4.69) is 4.99 Å². The van der Waals surface area contributed by atoms with Crippen LogP contribution in [-0.4, -0.2) is 38.0 Å². The van der Waals surface area contributed by atoms with Crippen molar-refractivity contribution in [3.63, 3.8) is 0 Å². The van der Waals surface area contributed by atoms with Gasteiger partial charge in [0.25, 0.3) is 15.9 Å². The summed E-state index contributed by atoms with van der Waals surface area (Å²) in [6.45, 7) is 2.27. The van der Waals surface area contributed by atoms with Crippen molar-refractivity contribution in [3.8, 4) is 0 Å². The summed E-state index contributed by atoms with van der Waals surface area (Å²) in [5, 5.41) is 2.03. The summed E-state index contributed by atoms with van der Waals surface area (Å²) in [7, 11) is -3.78. The molecule has 1 aliphatic heterocycles. The summed E-state index contributed by atoms with van der Waals surface area (Å²) in [6, 6.07) is 25.0. The van der Waals surface area contributed by atoms with Gasteiger partial charge in [0, 0.05) is 17.5 Å². The first-order valence-electron chi connectivity index (χ1n) is 12.8. The number of hydrogen-bond donors (Lipinski definition) is 0. The Morgan fingerprint density at radius 3 is 2.50 bits per heavy atom. The number of benzene rings is 4. The zero-order chi connectivity index (χ0) is 27.9. The number of para-hydroxylation sites is 1. The maximum absolute atomic E-state index is 13.3.